The Morgan fingerprint density at radius 3 is 2.50 bits per heavy atom. The highest BCUT2D eigenvalue weighted by molar-refractivity contribution is 9.09. The topological polar surface area (TPSA) is 66.5 Å². The maximum atomic E-state index is 13.4. The monoisotopic (exact) mass is 295 g/mol. The minimum Gasteiger partial charge on any atom is -0.398 e. The summed E-state index contributed by atoms with van der Waals surface area (Å²) in [4.78, 5) is 0. The normalized spacial score (nSPS) is 14.8. The molecule has 1 aromatic rings. The molecule has 1 aromatic carbocycles. The van der Waals surface area contributed by atoms with E-state index in [9.17, 15) is 19.0 Å². The van der Waals surface area contributed by atoms with E-state index in [1.165, 1.54) is 0 Å². The lowest BCUT2D eigenvalue weighted by atomic mass is 10.00. The molecule has 3 nitrogen and oxygen atoms in total. The lowest BCUT2D eigenvalue weighted by Crippen LogP contribution is -2.21. The molecule has 1 rings (SSSR count). The van der Waals surface area contributed by atoms with Gasteiger partial charge < -0.3 is 15.9 Å². The molecule has 0 spiro atoms. The number of aliphatic hydroxyl groups is 2. The number of hydrogen-bond acceptors (Lipinski definition) is 3. The number of nitrogen functional groups attached to an aromatic ring is 1. The smallest absolute Gasteiger partial charge is 0.166 e. The van der Waals surface area contributed by atoms with Crippen molar-refractivity contribution >= 4 is 21.6 Å². The van der Waals surface area contributed by atoms with Gasteiger partial charge in [-0.15, -0.1) is 0 Å². The minimum atomic E-state index is -1.53. The van der Waals surface area contributed by atoms with Crippen LogP contribution < -0.4 is 5.73 Å². The molecule has 2 unspecified atom stereocenters. The summed E-state index contributed by atoms with van der Waals surface area (Å²) < 4.78 is 26.3. The molecule has 0 radical (unpaired) electrons. The van der Waals surface area contributed by atoms with Crippen molar-refractivity contribution in [3.05, 3.63) is 29.3 Å². The Morgan fingerprint density at radius 1 is 1.31 bits per heavy atom. The summed E-state index contributed by atoms with van der Waals surface area (Å²) in [7, 11) is 0. The molecule has 0 aliphatic rings. The van der Waals surface area contributed by atoms with Crippen molar-refractivity contribution in [2.24, 2.45) is 0 Å². The van der Waals surface area contributed by atoms with E-state index in [0.29, 0.717) is 5.33 Å². The zero-order valence-corrected chi connectivity index (χ0v) is 9.92. The lowest BCUT2D eigenvalue weighted by molar-refractivity contribution is 0.0154. The Bertz CT molecular complexity index is 376. The van der Waals surface area contributed by atoms with Gasteiger partial charge in [-0.1, -0.05) is 15.9 Å². The van der Waals surface area contributed by atoms with Gasteiger partial charge in [0.15, 0.2) is 11.6 Å². The first-order valence-corrected chi connectivity index (χ1v) is 5.76. The Kier molecular flexibility index (Phi) is 4.64. The average Bonchev–Trinajstić information content (AvgIpc) is 2.24. The molecule has 0 heterocycles. The fourth-order valence-electron chi connectivity index (χ4n) is 1.34. The van der Waals surface area contributed by atoms with Crippen LogP contribution in [-0.2, 0) is 0 Å². The number of aliphatic hydroxyl groups excluding tert-OH is 2. The molecule has 2 atom stereocenters. The van der Waals surface area contributed by atoms with Gasteiger partial charge in [-0.2, -0.15) is 0 Å². The van der Waals surface area contributed by atoms with Gasteiger partial charge in [-0.05, 0) is 18.6 Å². The van der Waals surface area contributed by atoms with E-state index in [1.807, 2.05) is 0 Å². The standard InChI is InChI=1S/C10H12BrF2NO2/c11-4-3-7(15)10(16)8-6(14)2-1-5(12)9(8)13/h1-2,7,10,15-16H,3-4,14H2. The fourth-order valence-corrected chi connectivity index (χ4v) is 1.81. The number of anilines is 1. The highest BCUT2D eigenvalue weighted by atomic mass is 79.9. The number of halogens is 3. The molecular weight excluding hydrogens is 284 g/mol. The van der Waals surface area contributed by atoms with Crippen LogP contribution in [0.5, 0.6) is 0 Å². The molecule has 0 aliphatic carbocycles. The molecule has 90 valence electrons. The predicted octanol–water partition coefficient (Wildman–Crippen LogP) is 1.73. The number of hydrogen-bond donors (Lipinski definition) is 3. The van der Waals surface area contributed by atoms with Crippen LogP contribution in [0.2, 0.25) is 0 Å². The Hall–Kier alpha value is -0.720. The SMILES string of the molecule is Nc1ccc(F)c(F)c1C(O)C(O)CCBr. The number of alkyl halides is 1. The molecule has 0 bridgehead atoms. The van der Waals surface area contributed by atoms with Crippen molar-refractivity contribution in [1.29, 1.82) is 0 Å². The second-order valence-electron chi connectivity index (χ2n) is 3.35. The highest BCUT2D eigenvalue weighted by Gasteiger charge is 2.25. The van der Waals surface area contributed by atoms with Crippen molar-refractivity contribution in [1.82, 2.24) is 0 Å². The molecule has 6 heteroatoms. The first-order valence-electron chi connectivity index (χ1n) is 4.64. The largest absolute Gasteiger partial charge is 0.398 e. The van der Waals surface area contributed by atoms with Crippen LogP contribution >= 0.6 is 15.9 Å². The summed E-state index contributed by atoms with van der Waals surface area (Å²) in [5, 5.41) is 19.6. The molecule has 0 saturated carbocycles. The van der Waals surface area contributed by atoms with E-state index in [2.05, 4.69) is 15.9 Å². The maximum absolute atomic E-state index is 13.4. The quantitative estimate of drug-likeness (QED) is 0.585. The van der Waals surface area contributed by atoms with Crippen molar-refractivity contribution in [3.8, 4) is 0 Å². The molecule has 16 heavy (non-hydrogen) atoms. The Morgan fingerprint density at radius 2 is 1.94 bits per heavy atom. The first kappa shape index (κ1) is 13.3. The van der Waals surface area contributed by atoms with Crippen molar-refractivity contribution in [2.75, 3.05) is 11.1 Å². The van der Waals surface area contributed by atoms with E-state index >= 15 is 0 Å². The van der Waals surface area contributed by atoms with Gasteiger partial charge in [0.05, 0.1) is 6.10 Å². The summed E-state index contributed by atoms with van der Waals surface area (Å²) in [5.41, 5.74) is 4.96. The van der Waals surface area contributed by atoms with Gasteiger partial charge in [0.25, 0.3) is 0 Å². The van der Waals surface area contributed by atoms with E-state index in [4.69, 9.17) is 5.73 Å². The van der Waals surface area contributed by atoms with Gasteiger partial charge in [0.2, 0.25) is 0 Å². The van der Waals surface area contributed by atoms with E-state index in [0.717, 1.165) is 12.1 Å². The van der Waals surface area contributed by atoms with Crippen LogP contribution in [-0.4, -0.2) is 21.6 Å². The van der Waals surface area contributed by atoms with Crippen LogP contribution in [0.4, 0.5) is 14.5 Å². The van der Waals surface area contributed by atoms with Gasteiger partial charge in [-0.25, -0.2) is 8.78 Å². The Labute approximate surface area is 100 Å². The van der Waals surface area contributed by atoms with Crippen LogP contribution in [0.15, 0.2) is 12.1 Å². The number of nitrogens with two attached hydrogens (primary N) is 1. The van der Waals surface area contributed by atoms with E-state index in [1.54, 1.807) is 0 Å². The maximum Gasteiger partial charge on any atom is 0.166 e. The summed E-state index contributed by atoms with van der Waals surface area (Å²) in [6.45, 7) is 0. The average molecular weight is 296 g/mol. The summed E-state index contributed by atoms with van der Waals surface area (Å²) >= 11 is 3.07. The minimum absolute atomic E-state index is 0.0833. The zero-order valence-electron chi connectivity index (χ0n) is 8.33. The summed E-state index contributed by atoms with van der Waals surface area (Å²) in [5.74, 6) is -2.32. The second-order valence-corrected chi connectivity index (χ2v) is 4.15. The molecule has 0 fully saturated rings. The first-order chi connectivity index (χ1) is 7.49. The Balaban J connectivity index is 3.07. The van der Waals surface area contributed by atoms with Crippen LogP contribution in [0.25, 0.3) is 0 Å². The fraction of sp³-hybridized carbons (Fsp3) is 0.400. The third kappa shape index (κ3) is 2.69. The molecular formula is C10H12BrF2NO2. The third-order valence-corrected chi connectivity index (χ3v) is 2.69. The number of benzene rings is 1. The van der Waals surface area contributed by atoms with Gasteiger partial charge >= 0.3 is 0 Å². The van der Waals surface area contributed by atoms with Crippen LogP contribution in [0.3, 0.4) is 0 Å². The number of rotatable bonds is 4. The molecule has 0 aromatic heterocycles. The highest BCUT2D eigenvalue weighted by Crippen LogP contribution is 2.28. The molecule has 4 N–H and O–H groups in total. The van der Waals surface area contributed by atoms with Crippen LogP contribution in [0, 0.1) is 11.6 Å². The van der Waals surface area contributed by atoms with Crippen molar-refractivity contribution < 1.29 is 19.0 Å². The van der Waals surface area contributed by atoms with Crippen molar-refractivity contribution in [3.63, 3.8) is 0 Å². The summed E-state index contributed by atoms with van der Waals surface area (Å²) in [6, 6.07) is 2.02. The van der Waals surface area contributed by atoms with Gasteiger partial charge in [0, 0.05) is 16.6 Å². The van der Waals surface area contributed by atoms with Gasteiger partial charge in [0.1, 0.15) is 6.10 Å². The molecule has 0 amide bonds. The second kappa shape index (κ2) is 5.56. The lowest BCUT2D eigenvalue weighted by Gasteiger charge is -2.19. The summed E-state index contributed by atoms with van der Waals surface area (Å²) in [6.07, 6.45) is -2.53. The van der Waals surface area contributed by atoms with Crippen LogP contribution in [0.1, 0.15) is 18.1 Å². The molecule has 0 saturated heterocycles. The van der Waals surface area contributed by atoms with E-state index < -0.39 is 29.4 Å². The van der Waals surface area contributed by atoms with E-state index in [-0.39, 0.29) is 12.1 Å². The van der Waals surface area contributed by atoms with Crippen molar-refractivity contribution in [2.45, 2.75) is 18.6 Å². The predicted molar refractivity (Wildman–Crippen MR) is 60.1 cm³/mol. The zero-order chi connectivity index (χ0) is 12.3. The molecule has 0 aliphatic heterocycles. The third-order valence-electron chi connectivity index (χ3n) is 2.23. The van der Waals surface area contributed by atoms with Gasteiger partial charge in [-0.3, -0.25) is 0 Å².